The second-order valence-corrected chi connectivity index (χ2v) is 9.56. The zero-order valence-electron chi connectivity index (χ0n) is 13.5. The fourth-order valence-corrected chi connectivity index (χ4v) is 6.18. The Morgan fingerprint density at radius 1 is 1.26 bits per heavy atom. The lowest BCUT2D eigenvalue weighted by Gasteiger charge is -2.29. The summed E-state index contributed by atoms with van der Waals surface area (Å²) in [6, 6.07) is 1.77. The molecule has 2 aliphatic rings. The number of sulfonamides is 1. The van der Waals surface area contributed by atoms with Crippen LogP contribution in [0.5, 0.6) is 0 Å². The molecule has 1 saturated heterocycles. The Kier molecular flexibility index (Phi) is 5.08. The molecule has 0 spiro atoms. The van der Waals surface area contributed by atoms with E-state index in [9.17, 15) is 13.2 Å². The van der Waals surface area contributed by atoms with Crippen LogP contribution in [0.3, 0.4) is 0 Å². The minimum atomic E-state index is -3.47. The molecule has 7 heteroatoms. The Hall–Kier alpha value is -0.920. The van der Waals surface area contributed by atoms with Gasteiger partial charge in [0.1, 0.15) is 0 Å². The summed E-state index contributed by atoms with van der Waals surface area (Å²) in [5.41, 5.74) is 0. The van der Waals surface area contributed by atoms with Gasteiger partial charge >= 0.3 is 0 Å². The molecule has 23 heavy (non-hydrogen) atoms. The van der Waals surface area contributed by atoms with E-state index in [1.807, 2.05) is 0 Å². The maximum atomic E-state index is 12.7. The summed E-state index contributed by atoms with van der Waals surface area (Å²) in [5, 5.41) is 4.60. The fraction of sp³-hybridized carbons (Fsp3) is 0.688. The van der Waals surface area contributed by atoms with Crippen LogP contribution in [0.15, 0.2) is 16.3 Å². The van der Waals surface area contributed by atoms with Gasteiger partial charge in [-0.2, -0.15) is 4.31 Å². The largest absolute Gasteiger partial charge is 0.349 e. The number of rotatable bonds is 4. The maximum Gasteiger partial charge on any atom is 0.261 e. The molecular formula is C16H24N2O3S2. The Morgan fingerprint density at radius 3 is 2.70 bits per heavy atom. The Balaban J connectivity index is 1.71. The molecular weight excluding hydrogens is 332 g/mol. The van der Waals surface area contributed by atoms with Gasteiger partial charge in [0.2, 0.25) is 10.0 Å². The van der Waals surface area contributed by atoms with Crippen molar-refractivity contribution in [3.05, 3.63) is 16.3 Å². The number of hydrogen-bond donors (Lipinski definition) is 1. The minimum absolute atomic E-state index is 0.143. The van der Waals surface area contributed by atoms with Gasteiger partial charge in [-0.05, 0) is 37.7 Å². The molecule has 1 N–H and O–H groups in total. The number of nitrogens with one attached hydrogen (secondary N) is 1. The first-order chi connectivity index (χ1) is 11.0. The van der Waals surface area contributed by atoms with Gasteiger partial charge in [0.15, 0.2) is 0 Å². The molecule has 1 unspecified atom stereocenters. The van der Waals surface area contributed by atoms with Gasteiger partial charge in [0.25, 0.3) is 5.91 Å². The van der Waals surface area contributed by atoms with Crippen molar-refractivity contribution in [2.24, 2.45) is 5.92 Å². The van der Waals surface area contributed by atoms with Crippen LogP contribution >= 0.6 is 11.3 Å². The van der Waals surface area contributed by atoms with Crippen molar-refractivity contribution < 1.29 is 13.2 Å². The zero-order chi connectivity index (χ0) is 16.4. The summed E-state index contributed by atoms with van der Waals surface area (Å²) in [7, 11) is -3.47. The van der Waals surface area contributed by atoms with E-state index in [0.717, 1.165) is 38.5 Å². The fourth-order valence-electron chi connectivity index (χ4n) is 3.41. The predicted molar refractivity (Wildman–Crippen MR) is 91.2 cm³/mol. The lowest BCUT2D eigenvalue weighted by molar-refractivity contribution is 0.0942. The van der Waals surface area contributed by atoms with E-state index in [4.69, 9.17) is 0 Å². The first-order valence-corrected chi connectivity index (χ1v) is 10.7. The highest BCUT2D eigenvalue weighted by Crippen LogP contribution is 2.27. The van der Waals surface area contributed by atoms with Crippen LogP contribution in [0.25, 0.3) is 0 Å². The number of amides is 1. The third kappa shape index (κ3) is 3.78. The van der Waals surface area contributed by atoms with Crippen LogP contribution in [0, 0.1) is 5.92 Å². The van der Waals surface area contributed by atoms with E-state index in [2.05, 4.69) is 12.2 Å². The molecule has 1 aliphatic heterocycles. The van der Waals surface area contributed by atoms with Crippen LogP contribution in [0.1, 0.15) is 55.1 Å². The van der Waals surface area contributed by atoms with Crippen molar-refractivity contribution >= 4 is 27.3 Å². The molecule has 0 radical (unpaired) electrons. The number of thiophene rings is 1. The average molecular weight is 357 g/mol. The standard InChI is InChI=1S/C16H24N2O3S2/c1-12-5-4-8-18(10-12)23(20,21)14-9-15(22-11-14)16(19)17-13-6-2-3-7-13/h9,11-13H,2-8,10H2,1H3,(H,17,19). The van der Waals surface area contributed by atoms with Crippen LogP contribution in [-0.2, 0) is 10.0 Å². The number of carbonyl (C=O) groups excluding carboxylic acids is 1. The monoisotopic (exact) mass is 356 g/mol. The Morgan fingerprint density at radius 2 is 2.00 bits per heavy atom. The SMILES string of the molecule is CC1CCCN(S(=O)(=O)c2csc(C(=O)NC3CCCC3)c2)C1. The van der Waals surface area contributed by atoms with Gasteiger partial charge < -0.3 is 5.32 Å². The number of piperidine rings is 1. The number of carbonyl (C=O) groups is 1. The highest BCUT2D eigenvalue weighted by atomic mass is 32.2. The van der Waals surface area contributed by atoms with Crippen molar-refractivity contribution in [2.45, 2.75) is 56.4 Å². The average Bonchev–Trinajstić information content (AvgIpc) is 3.18. The molecule has 1 aliphatic carbocycles. The van der Waals surface area contributed by atoms with Crippen molar-refractivity contribution in [3.63, 3.8) is 0 Å². The smallest absolute Gasteiger partial charge is 0.261 e. The number of nitrogens with zero attached hydrogens (tertiary/aromatic N) is 1. The van der Waals surface area contributed by atoms with Crippen molar-refractivity contribution in [2.75, 3.05) is 13.1 Å². The molecule has 0 bridgehead atoms. The Labute approximate surface area is 142 Å². The normalized spacial score (nSPS) is 24.0. The lowest BCUT2D eigenvalue weighted by Crippen LogP contribution is -2.38. The summed E-state index contributed by atoms with van der Waals surface area (Å²) in [4.78, 5) is 13.0. The van der Waals surface area contributed by atoms with Crippen LogP contribution in [0.4, 0.5) is 0 Å². The molecule has 1 saturated carbocycles. The van der Waals surface area contributed by atoms with Gasteiger partial charge in [-0.15, -0.1) is 11.3 Å². The van der Waals surface area contributed by atoms with Crippen molar-refractivity contribution in [3.8, 4) is 0 Å². The van der Waals surface area contributed by atoms with Gasteiger partial charge in [-0.1, -0.05) is 19.8 Å². The third-order valence-corrected chi connectivity index (χ3v) is 7.67. The zero-order valence-corrected chi connectivity index (χ0v) is 15.1. The summed E-state index contributed by atoms with van der Waals surface area (Å²) in [5.74, 6) is 0.248. The topological polar surface area (TPSA) is 66.5 Å². The van der Waals surface area contributed by atoms with E-state index >= 15 is 0 Å². The molecule has 128 valence electrons. The van der Waals surface area contributed by atoms with Crippen LogP contribution < -0.4 is 5.32 Å². The first-order valence-electron chi connectivity index (χ1n) is 8.36. The van der Waals surface area contributed by atoms with E-state index in [-0.39, 0.29) is 16.8 Å². The van der Waals surface area contributed by atoms with Gasteiger partial charge in [-0.3, -0.25) is 4.79 Å². The van der Waals surface area contributed by atoms with Gasteiger partial charge in [-0.25, -0.2) is 8.42 Å². The first kappa shape index (κ1) is 16.9. The van der Waals surface area contributed by atoms with E-state index in [1.54, 1.807) is 9.69 Å². The van der Waals surface area contributed by atoms with Crippen LogP contribution in [0.2, 0.25) is 0 Å². The molecule has 0 aromatic carbocycles. The summed E-state index contributed by atoms with van der Waals surface area (Å²) in [6.07, 6.45) is 6.33. The molecule has 1 aromatic rings. The predicted octanol–water partition coefficient (Wildman–Crippen LogP) is 2.84. The highest BCUT2D eigenvalue weighted by Gasteiger charge is 2.30. The van der Waals surface area contributed by atoms with E-state index in [0.29, 0.717) is 23.9 Å². The second-order valence-electron chi connectivity index (χ2n) is 6.71. The maximum absolute atomic E-state index is 12.7. The van der Waals surface area contributed by atoms with Crippen molar-refractivity contribution in [1.29, 1.82) is 0 Å². The summed E-state index contributed by atoms with van der Waals surface area (Å²) < 4.78 is 27.0. The van der Waals surface area contributed by atoms with Gasteiger partial charge in [0, 0.05) is 24.5 Å². The minimum Gasteiger partial charge on any atom is -0.349 e. The Bertz CT molecular complexity index is 663. The molecule has 5 nitrogen and oxygen atoms in total. The van der Waals surface area contributed by atoms with E-state index in [1.165, 1.54) is 17.4 Å². The quantitative estimate of drug-likeness (QED) is 0.902. The molecule has 3 rings (SSSR count). The molecule has 1 atom stereocenters. The summed E-state index contributed by atoms with van der Waals surface area (Å²) >= 11 is 1.21. The summed E-state index contributed by atoms with van der Waals surface area (Å²) in [6.45, 7) is 3.23. The molecule has 1 aromatic heterocycles. The van der Waals surface area contributed by atoms with Crippen LogP contribution in [-0.4, -0.2) is 37.8 Å². The third-order valence-electron chi connectivity index (χ3n) is 4.75. The lowest BCUT2D eigenvalue weighted by atomic mass is 10.0. The molecule has 2 fully saturated rings. The van der Waals surface area contributed by atoms with Crippen molar-refractivity contribution in [1.82, 2.24) is 9.62 Å². The number of hydrogen-bond acceptors (Lipinski definition) is 4. The molecule has 1 amide bonds. The second kappa shape index (κ2) is 6.91. The van der Waals surface area contributed by atoms with E-state index < -0.39 is 10.0 Å². The molecule has 2 heterocycles. The van der Waals surface area contributed by atoms with Gasteiger partial charge in [0.05, 0.1) is 9.77 Å². The highest BCUT2D eigenvalue weighted by molar-refractivity contribution is 7.89.